The lowest BCUT2D eigenvalue weighted by Gasteiger charge is -2.32. The molecule has 2 aliphatic rings. The molecule has 4 aromatic rings. The second-order valence-electron chi connectivity index (χ2n) is 11.4. The van der Waals surface area contributed by atoms with E-state index in [0.717, 1.165) is 49.3 Å². The molecule has 220 valence electrons. The molecule has 6 rings (SSSR count). The third kappa shape index (κ3) is 7.18. The monoisotopic (exact) mass is 592 g/mol. The number of fused-ring (bicyclic) bond motifs is 1. The number of rotatable bonds is 10. The van der Waals surface area contributed by atoms with Crippen LogP contribution in [0.25, 0.3) is 11.0 Å². The Morgan fingerprint density at radius 1 is 0.952 bits per heavy atom. The fourth-order valence-electron chi connectivity index (χ4n) is 5.86. The molecule has 2 heterocycles. The highest BCUT2D eigenvalue weighted by Crippen LogP contribution is 2.38. The molecule has 3 aromatic carbocycles. The minimum atomic E-state index is -4.38. The van der Waals surface area contributed by atoms with Gasteiger partial charge < -0.3 is 9.88 Å². The highest BCUT2D eigenvalue weighted by Gasteiger charge is 2.35. The summed E-state index contributed by atoms with van der Waals surface area (Å²) < 4.78 is 38.8. The number of benzene rings is 3. The SMILES string of the molecule is O=C(c1ccc(SC(F)(F)F)cc1)N(CC1CC1)C(Cc1ccccc1CN1CCCCC1)c1nc2ccccc2[nH]1. The zero-order valence-electron chi connectivity index (χ0n) is 23.4. The molecular weight excluding hydrogens is 557 g/mol. The Balaban J connectivity index is 1.35. The molecule has 1 aromatic heterocycles. The number of H-pyrrole nitrogens is 1. The Bertz CT molecular complexity index is 1480. The summed E-state index contributed by atoms with van der Waals surface area (Å²) in [6.07, 6.45) is 6.42. The first-order chi connectivity index (χ1) is 20.3. The summed E-state index contributed by atoms with van der Waals surface area (Å²) in [6.45, 7) is 3.64. The molecular formula is C33H35F3N4OS. The number of halogens is 3. The molecule has 1 aliphatic heterocycles. The summed E-state index contributed by atoms with van der Waals surface area (Å²) in [6, 6.07) is 21.7. The van der Waals surface area contributed by atoms with Crippen LogP contribution in [0, 0.1) is 5.92 Å². The first-order valence-corrected chi connectivity index (χ1v) is 15.5. The van der Waals surface area contributed by atoms with Crippen molar-refractivity contribution in [2.75, 3.05) is 19.6 Å². The number of para-hydroxylation sites is 2. The lowest BCUT2D eigenvalue weighted by Crippen LogP contribution is -2.38. The number of nitrogens with zero attached hydrogens (tertiary/aromatic N) is 3. The number of imidazole rings is 1. The minimum Gasteiger partial charge on any atom is -0.340 e. The summed E-state index contributed by atoms with van der Waals surface area (Å²) in [7, 11) is 0. The molecule has 1 N–H and O–H groups in total. The Labute approximate surface area is 248 Å². The Hall–Kier alpha value is -3.30. The van der Waals surface area contributed by atoms with E-state index < -0.39 is 5.51 Å². The molecule has 1 saturated heterocycles. The number of nitrogens with one attached hydrogen (secondary N) is 1. The molecule has 1 aliphatic carbocycles. The van der Waals surface area contributed by atoms with Crippen LogP contribution in [0.3, 0.4) is 0 Å². The number of carbonyl (C=O) groups is 1. The first-order valence-electron chi connectivity index (χ1n) is 14.7. The van der Waals surface area contributed by atoms with E-state index in [1.807, 2.05) is 29.2 Å². The van der Waals surface area contributed by atoms with Crippen molar-refractivity contribution in [3.63, 3.8) is 0 Å². The fraction of sp³-hybridized carbons (Fsp3) is 0.394. The maximum absolute atomic E-state index is 14.2. The minimum absolute atomic E-state index is 0.0632. The Kier molecular flexibility index (Phi) is 8.58. The second kappa shape index (κ2) is 12.5. The van der Waals surface area contributed by atoms with Crippen molar-refractivity contribution in [2.45, 2.75) is 61.5 Å². The van der Waals surface area contributed by atoms with Crippen molar-refractivity contribution in [2.24, 2.45) is 5.92 Å². The number of thioether (sulfide) groups is 1. The van der Waals surface area contributed by atoms with Crippen molar-refractivity contribution >= 4 is 28.7 Å². The molecule has 42 heavy (non-hydrogen) atoms. The van der Waals surface area contributed by atoms with E-state index >= 15 is 0 Å². The van der Waals surface area contributed by atoms with E-state index in [1.165, 1.54) is 54.7 Å². The van der Waals surface area contributed by atoms with E-state index in [1.54, 1.807) is 0 Å². The third-order valence-corrected chi connectivity index (χ3v) is 8.96. The van der Waals surface area contributed by atoms with Crippen molar-refractivity contribution in [3.05, 3.63) is 95.3 Å². The second-order valence-corrected chi connectivity index (χ2v) is 12.6. The lowest BCUT2D eigenvalue weighted by molar-refractivity contribution is -0.0328. The van der Waals surface area contributed by atoms with Crippen LogP contribution in [0.5, 0.6) is 0 Å². The van der Waals surface area contributed by atoms with Crippen LogP contribution in [-0.2, 0) is 13.0 Å². The number of likely N-dealkylation sites (tertiary alicyclic amines) is 1. The van der Waals surface area contributed by atoms with Crippen LogP contribution in [-0.4, -0.2) is 50.8 Å². The summed E-state index contributed by atoms with van der Waals surface area (Å²) >= 11 is -0.171. The molecule has 2 fully saturated rings. The van der Waals surface area contributed by atoms with Gasteiger partial charge in [0.05, 0.1) is 17.1 Å². The van der Waals surface area contributed by atoms with Gasteiger partial charge in [-0.3, -0.25) is 9.69 Å². The molecule has 1 amide bonds. The maximum Gasteiger partial charge on any atom is 0.446 e. The van der Waals surface area contributed by atoms with Gasteiger partial charge in [0.2, 0.25) is 0 Å². The largest absolute Gasteiger partial charge is 0.446 e. The predicted octanol–water partition coefficient (Wildman–Crippen LogP) is 8.00. The van der Waals surface area contributed by atoms with Crippen LogP contribution >= 0.6 is 11.8 Å². The molecule has 5 nitrogen and oxygen atoms in total. The lowest BCUT2D eigenvalue weighted by atomic mass is 9.97. The average molecular weight is 593 g/mol. The van der Waals surface area contributed by atoms with Gasteiger partial charge in [-0.2, -0.15) is 13.2 Å². The number of hydrogen-bond acceptors (Lipinski definition) is 4. The molecule has 1 unspecified atom stereocenters. The summed E-state index contributed by atoms with van der Waals surface area (Å²) in [5.41, 5.74) is 0.187. The Morgan fingerprint density at radius 3 is 2.33 bits per heavy atom. The van der Waals surface area contributed by atoms with Gasteiger partial charge in [-0.05, 0) is 104 Å². The number of aromatic nitrogens is 2. The van der Waals surface area contributed by atoms with Gasteiger partial charge in [-0.1, -0.05) is 42.8 Å². The summed E-state index contributed by atoms with van der Waals surface area (Å²) in [4.78, 5) is 27.1. The van der Waals surface area contributed by atoms with Gasteiger partial charge in [-0.25, -0.2) is 4.98 Å². The number of carbonyl (C=O) groups excluding carboxylic acids is 1. The fourth-order valence-corrected chi connectivity index (χ4v) is 6.40. The molecule has 1 saturated carbocycles. The number of alkyl halides is 3. The first kappa shape index (κ1) is 28.8. The number of aromatic amines is 1. The van der Waals surface area contributed by atoms with E-state index in [9.17, 15) is 18.0 Å². The van der Waals surface area contributed by atoms with E-state index in [2.05, 4.69) is 34.1 Å². The van der Waals surface area contributed by atoms with E-state index in [4.69, 9.17) is 4.98 Å². The van der Waals surface area contributed by atoms with E-state index in [-0.39, 0.29) is 28.6 Å². The maximum atomic E-state index is 14.2. The molecule has 1 atom stereocenters. The molecule has 0 bridgehead atoms. The zero-order chi connectivity index (χ0) is 29.1. The van der Waals surface area contributed by atoms with Crippen molar-refractivity contribution in [3.8, 4) is 0 Å². The summed E-state index contributed by atoms with van der Waals surface area (Å²) in [5, 5.41) is 0. The van der Waals surface area contributed by atoms with Crippen LogP contribution in [0.4, 0.5) is 13.2 Å². The Morgan fingerprint density at radius 2 is 1.64 bits per heavy atom. The zero-order valence-corrected chi connectivity index (χ0v) is 24.3. The summed E-state index contributed by atoms with van der Waals surface area (Å²) in [5.74, 6) is 0.941. The van der Waals surface area contributed by atoms with Gasteiger partial charge >= 0.3 is 5.51 Å². The van der Waals surface area contributed by atoms with Crippen molar-refractivity contribution in [1.82, 2.24) is 19.8 Å². The third-order valence-electron chi connectivity index (χ3n) is 8.22. The van der Waals surface area contributed by atoms with Crippen molar-refractivity contribution in [1.29, 1.82) is 0 Å². The van der Waals surface area contributed by atoms with Crippen LogP contribution in [0.2, 0.25) is 0 Å². The van der Waals surface area contributed by atoms with Crippen LogP contribution < -0.4 is 0 Å². The number of hydrogen-bond donors (Lipinski definition) is 1. The predicted molar refractivity (Wildman–Crippen MR) is 160 cm³/mol. The molecule has 9 heteroatoms. The topological polar surface area (TPSA) is 52.2 Å². The highest BCUT2D eigenvalue weighted by molar-refractivity contribution is 8.00. The average Bonchev–Trinajstić information content (AvgIpc) is 3.70. The van der Waals surface area contributed by atoms with E-state index in [0.29, 0.717) is 24.4 Å². The van der Waals surface area contributed by atoms with Crippen LogP contribution in [0.15, 0.2) is 77.7 Å². The molecule has 0 spiro atoms. The molecule has 0 radical (unpaired) electrons. The van der Waals surface area contributed by atoms with Gasteiger partial charge in [-0.15, -0.1) is 0 Å². The quantitative estimate of drug-likeness (QED) is 0.190. The smallest absolute Gasteiger partial charge is 0.340 e. The van der Waals surface area contributed by atoms with Gasteiger partial charge in [0.1, 0.15) is 5.82 Å². The number of amides is 1. The van der Waals surface area contributed by atoms with Gasteiger partial charge in [0, 0.05) is 30.0 Å². The van der Waals surface area contributed by atoms with Gasteiger partial charge in [0.25, 0.3) is 5.91 Å². The van der Waals surface area contributed by atoms with Crippen molar-refractivity contribution < 1.29 is 18.0 Å². The standard InChI is InChI=1S/C33H35F3N4OS/c34-33(35,36)42-27-16-14-24(15-17-27)32(41)40(21-23-12-13-23)30(31-37-28-10-4-5-11-29(28)38-31)20-25-8-2-3-9-26(25)22-39-18-6-1-7-19-39/h2-5,8-11,14-17,23,30H,1,6-7,12-13,18-22H2,(H,37,38). The normalized spacial score (nSPS) is 16.9. The van der Waals surface area contributed by atoms with Gasteiger partial charge in [0.15, 0.2) is 0 Å². The number of piperidine rings is 1. The van der Waals surface area contributed by atoms with Crippen LogP contribution in [0.1, 0.15) is 65.5 Å². The highest BCUT2D eigenvalue weighted by atomic mass is 32.2.